The summed E-state index contributed by atoms with van der Waals surface area (Å²) >= 11 is 0. The summed E-state index contributed by atoms with van der Waals surface area (Å²) in [5, 5.41) is 2.87. The van der Waals surface area contributed by atoms with Crippen LogP contribution in [0, 0.1) is 5.92 Å². The molecule has 1 fully saturated rings. The van der Waals surface area contributed by atoms with Crippen LogP contribution in [-0.2, 0) is 4.79 Å². The number of hydrogen-bond donors (Lipinski definition) is 1. The highest BCUT2D eigenvalue weighted by atomic mass is 16.2. The lowest BCUT2D eigenvalue weighted by atomic mass is 10.1. The average molecular weight is 289 g/mol. The van der Waals surface area contributed by atoms with Gasteiger partial charge in [-0.3, -0.25) is 9.69 Å². The van der Waals surface area contributed by atoms with Crippen LogP contribution in [0.5, 0.6) is 0 Å². The topological polar surface area (TPSA) is 52.7 Å². The Balaban J connectivity index is 2.02. The van der Waals surface area contributed by atoms with E-state index in [1.807, 2.05) is 45.2 Å². The SMILES string of the molecule is CC(C)CC(=O)Nc1ccc(N2CCCN(C)C2=O)cc1. The number of benzene rings is 1. The van der Waals surface area contributed by atoms with Gasteiger partial charge in [0.05, 0.1) is 0 Å². The van der Waals surface area contributed by atoms with Crippen LogP contribution in [0.1, 0.15) is 26.7 Å². The second-order valence-corrected chi connectivity index (χ2v) is 5.90. The molecule has 0 bridgehead atoms. The number of urea groups is 1. The molecule has 3 amide bonds. The van der Waals surface area contributed by atoms with E-state index in [4.69, 9.17) is 0 Å². The largest absolute Gasteiger partial charge is 0.327 e. The van der Waals surface area contributed by atoms with Gasteiger partial charge >= 0.3 is 6.03 Å². The minimum atomic E-state index is 0.0199. The first-order chi connectivity index (χ1) is 9.97. The van der Waals surface area contributed by atoms with Crippen molar-refractivity contribution in [2.45, 2.75) is 26.7 Å². The predicted molar refractivity (Wildman–Crippen MR) is 84.5 cm³/mol. The molecule has 1 N–H and O–H groups in total. The molecule has 5 nitrogen and oxygen atoms in total. The fourth-order valence-electron chi connectivity index (χ4n) is 2.41. The maximum Gasteiger partial charge on any atom is 0.324 e. The summed E-state index contributed by atoms with van der Waals surface area (Å²) in [6.45, 7) is 5.57. The first-order valence-electron chi connectivity index (χ1n) is 7.40. The summed E-state index contributed by atoms with van der Waals surface area (Å²) in [6, 6.07) is 7.47. The van der Waals surface area contributed by atoms with Crippen molar-refractivity contribution in [2.24, 2.45) is 5.92 Å². The van der Waals surface area contributed by atoms with Gasteiger partial charge in [-0.25, -0.2) is 4.79 Å². The van der Waals surface area contributed by atoms with Crippen LogP contribution in [0.25, 0.3) is 0 Å². The third kappa shape index (κ3) is 3.97. The van der Waals surface area contributed by atoms with E-state index in [1.165, 1.54) is 0 Å². The van der Waals surface area contributed by atoms with E-state index in [2.05, 4.69) is 5.32 Å². The third-order valence-corrected chi connectivity index (χ3v) is 3.49. The van der Waals surface area contributed by atoms with Gasteiger partial charge < -0.3 is 10.2 Å². The Labute approximate surface area is 125 Å². The summed E-state index contributed by atoms with van der Waals surface area (Å²) in [5.41, 5.74) is 1.63. The molecule has 1 aliphatic heterocycles. The van der Waals surface area contributed by atoms with E-state index in [1.54, 1.807) is 9.80 Å². The van der Waals surface area contributed by atoms with Gasteiger partial charge in [0.25, 0.3) is 0 Å². The van der Waals surface area contributed by atoms with E-state index in [-0.39, 0.29) is 11.9 Å². The van der Waals surface area contributed by atoms with Crippen LogP contribution >= 0.6 is 0 Å². The van der Waals surface area contributed by atoms with Crippen molar-refractivity contribution in [1.29, 1.82) is 0 Å². The van der Waals surface area contributed by atoms with E-state index in [9.17, 15) is 9.59 Å². The standard InChI is InChI=1S/C16H23N3O2/c1-12(2)11-15(20)17-13-5-7-14(8-6-13)19-10-4-9-18(3)16(19)21/h5-8,12H,4,9-11H2,1-3H3,(H,17,20). The lowest BCUT2D eigenvalue weighted by Gasteiger charge is -2.33. The summed E-state index contributed by atoms with van der Waals surface area (Å²) in [4.78, 5) is 27.3. The second kappa shape index (κ2) is 6.61. The molecular formula is C16H23N3O2. The molecule has 1 saturated heterocycles. The van der Waals surface area contributed by atoms with Crippen LogP contribution in [0.2, 0.25) is 0 Å². The van der Waals surface area contributed by atoms with Gasteiger partial charge in [0, 0.05) is 37.9 Å². The summed E-state index contributed by atoms with van der Waals surface area (Å²) in [6.07, 6.45) is 1.48. The highest BCUT2D eigenvalue weighted by Gasteiger charge is 2.23. The Morgan fingerprint density at radius 3 is 2.52 bits per heavy atom. The Bertz CT molecular complexity index is 511. The van der Waals surface area contributed by atoms with Crippen molar-refractivity contribution in [3.8, 4) is 0 Å². The zero-order valence-corrected chi connectivity index (χ0v) is 12.9. The van der Waals surface area contributed by atoms with Crippen molar-refractivity contribution in [2.75, 3.05) is 30.4 Å². The highest BCUT2D eigenvalue weighted by molar-refractivity contribution is 5.94. The molecule has 0 atom stereocenters. The normalized spacial score (nSPS) is 15.5. The Kier molecular flexibility index (Phi) is 4.83. The number of nitrogens with one attached hydrogen (secondary N) is 1. The van der Waals surface area contributed by atoms with Gasteiger partial charge in [-0.15, -0.1) is 0 Å². The number of rotatable bonds is 4. The quantitative estimate of drug-likeness (QED) is 0.926. The van der Waals surface area contributed by atoms with Gasteiger partial charge in [0.1, 0.15) is 0 Å². The number of carbonyl (C=O) groups excluding carboxylic acids is 2. The zero-order valence-electron chi connectivity index (χ0n) is 12.9. The van der Waals surface area contributed by atoms with E-state index in [0.29, 0.717) is 12.3 Å². The number of amides is 3. The monoisotopic (exact) mass is 289 g/mol. The fraction of sp³-hybridized carbons (Fsp3) is 0.500. The number of carbonyl (C=O) groups is 2. The van der Waals surface area contributed by atoms with Gasteiger partial charge in [-0.05, 0) is 36.6 Å². The molecule has 2 rings (SSSR count). The Hall–Kier alpha value is -2.04. The first kappa shape index (κ1) is 15.4. The highest BCUT2D eigenvalue weighted by Crippen LogP contribution is 2.21. The molecular weight excluding hydrogens is 266 g/mol. The predicted octanol–water partition coefficient (Wildman–Crippen LogP) is 2.93. The molecule has 5 heteroatoms. The van der Waals surface area contributed by atoms with Crippen LogP contribution in [-0.4, -0.2) is 37.0 Å². The van der Waals surface area contributed by atoms with E-state index in [0.717, 1.165) is 30.9 Å². The third-order valence-electron chi connectivity index (χ3n) is 3.49. The molecule has 0 radical (unpaired) electrons. The minimum Gasteiger partial charge on any atom is -0.327 e. The summed E-state index contributed by atoms with van der Waals surface area (Å²) in [5.74, 6) is 0.359. The number of nitrogens with zero attached hydrogens (tertiary/aromatic N) is 2. The number of anilines is 2. The van der Waals surface area contributed by atoms with Gasteiger partial charge in [0.15, 0.2) is 0 Å². The van der Waals surface area contributed by atoms with Gasteiger partial charge in [-0.2, -0.15) is 0 Å². The van der Waals surface area contributed by atoms with Crippen molar-refractivity contribution in [1.82, 2.24) is 4.90 Å². The molecule has 1 heterocycles. The molecule has 0 spiro atoms. The van der Waals surface area contributed by atoms with Crippen molar-refractivity contribution in [3.05, 3.63) is 24.3 Å². The summed E-state index contributed by atoms with van der Waals surface area (Å²) in [7, 11) is 1.81. The molecule has 21 heavy (non-hydrogen) atoms. The van der Waals surface area contributed by atoms with Crippen LogP contribution < -0.4 is 10.2 Å². The van der Waals surface area contributed by atoms with Crippen LogP contribution in [0.4, 0.5) is 16.2 Å². The summed E-state index contributed by atoms with van der Waals surface area (Å²) < 4.78 is 0. The van der Waals surface area contributed by atoms with Crippen molar-refractivity contribution < 1.29 is 9.59 Å². The zero-order chi connectivity index (χ0) is 15.4. The van der Waals surface area contributed by atoms with Crippen LogP contribution in [0.3, 0.4) is 0 Å². The second-order valence-electron chi connectivity index (χ2n) is 5.90. The van der Waals surface area contributed by atoms with E-state index < -0.39 is 0 Å². The molecule has 0 saturated carbocycles. The number of hydrogen-bond acceptors (Lipinski definition) is 2. The lowest BCUT2D eigenvalue weighted by Crippen LogP contribution is -2.47. The minimum absolute atomic E-state index is 0.0199. The molecule has 0 aliphatic carbocycles. The van der Waals surface area contributed by atoms with E-state index >= 15 is 0 Å². The van der Waals surface area contributed by atoms with Crippen molar-refractivity contribution in [3.63, 3.8) is 0 Å². The van der Waals surface area contributed by atoms with Gasteiger partial charge in [-0.1, -0.05) is 13.8 Å². The molecule has 0 unspecified atom stereocenters. The van der Waals surface area contributed by atoms with Crippen LogP contribution in [0.15, 0.2) is 24.3 Å². The Morgan fingerprint density at radius 2 is 1.90 bits per heavy atom. The molecule has 1 aromatic carbocycles. The lowest BCUT2D eigenvalue weighted by molar-refractivity contribution is -0.116. The first-order valence-corrected chi connectivity index (χ1v) is 7.40. The molecule has 0 aromatic heterocycles. The van der Waals surface area contributed by atoms with Gasteiger partial charge in [0.2, 0.25) is 5.91 Å². The smallest absolute Gasteiger partial charge is 0.324 e. The maximum atomic E-state index is 12.1. The molecule has 1 aliphatic rings. The fourth-order valence-corrected chi connectivity index (χ4v) is 2.41. The van der Waals surface area contributed by atoms with Crippen molar-refractivity contribution >= 4 is 23.3 Å². The molecule has 1 aromatic rings. The Morgan fingerprint density at radius 1 is 1.24 bits per heavy atom. The molecule has 114 valence electrons. The average Bonchev–Trinajstić information content (AvgIpc) is 2.42. The maximum absolute atomic E-state index is 12.1.